The van der Waals surface area contributed by atoms with Gasteiger partial charge in [0, 0.05) is 36.8 Å². The third kappa shape index (κ3) is 6.74. The Morgan fingerprint density at radius 1 is 1.16 bits per heavy atom. The van der Waals surface area contributed by atoms with Crippen molar-refractivity contribution in [1.82, 2.24) is 10.2 Å². The molecule has 3 rings (SSSR count). The Bertz CT molecular complexity index is 895. The fraction of sp³-hybridized carbons (Fsp3) is 0.462. The van der Waals surface area contributed by atoms with Crippen molar-refractivity contribution >= 4 is 17.6 Å². The molecule has 0 spiro atoms. The number of hydrogen-bond acceptors (Lipinski definition) is 3. The lowest BCUT2D eigenvalue weighted by molar-refractivity contribution is 0.0951. The Labute approximate surface area is 191 Å². The van der Waals surface area contributed by atoms with E-state index in [4.69, 9.17) is 4.74 Å². The number of piperidine rings is 1. The van der Waals surface area contributed by atoms with E-state index in [0.29, 0.717) is 31.2 Å². The summed E-state index contributed by atoms with van der Waals surface area (Å²) in [6.45, 7) is 8.90. The van der Waals surface area contributed by atoms with Crippen molar-refractivity contribution < 1.29 is 14.3 Å². The SMILES string of the molecule is CCOc1ccc(NC(=O)N2CCC[C@@H](c3cccc(C(=O)NCCC(C)C)c3)C2)cc1. The number of urea groups is 1. The van der Waals surface area contributed by atoms with Crippen molar-refractivity contribution in [3.05, 3.63) is 59.7 Å². The molecular formula is C26H35N3O3. The Kier molecular flexibility index (Phi) is 8.54. The Hall–Kier alpha value is -3.02. The number of benzene rings is 2. The largest absolute Gasteiger partial charge is 0.494 e. The molecule has 1 saturated heterocycles. The van der Waals surface area contributed by atoms with E-state index in [1.165, 1.54) is 0 Å². The smallest absolute Gasteiger partial charge is 0.321 e. The molecule has 1 atom stereocenters. The number of anilines is 1. The number of hydrogen-bond donors (Lipinski definition) is 2. The van der Waals surface area contributed by atoms with Gasteiger partial charge in [-0.05, 0) is 74.1 Å². The first kappa shape index (κ1) is 23.6. The molecule has 0 saturated carbocycles. The van der Waals surface area contributed by atoms with Gasteiger partial charge in [0.2, 0.25) is 0 Å². The Morgan fingerprint density at radius 3 is 2.66 bits per heavy atom. The number of likely N-dealkylation sites (tertiary alicyclic amines) is 1. The van der Waals surface area contributed by atoms with Gasteiger partial charge in [0.1, 0.15) is 5.75 Å². The number of rotatable bonds is 8. The van der Waals surface area contributed by atoms with Gasteiger partial charge in [-0.3, -0.25) is 4.79 Å². The fourth-order valence-electron chi connectivity index (χ4n) is 3.95. The molecular weight excluding hydrogens is 402 g/mol. The van der Waals surface area contributed by atoms with E-state index < -0.39 is 0 Å². The van der Waals surface area contributed by atoms with Gasteiger partial charge in [0.05, 0.1) is 6.61 Å². The topological polar surface area (TPSA) is 70.7 Å². The van der Waals surface area contributed by atoms with E-state index >= 15 is 0 Å². The molecule has 0 radical (unpaired) electrons. The molecule has 0 aromatic heterocycles. The number of amides is 3. The van der Waals surface area contributed by atoms with Crippen LogP contribution >= 0.6 is 0 Å². The molecule has 6 heteroatoms. The highest BCUT2D eigenvalue weighted by Gasteiger charge is 2.25. The van der Waals surface area contributed by atoms with Crippen LogP contribution in [0.25, 0.3) is 0 Å². The molecule has 0 bridgehead atoms. The van der Waals surface area contributed by atoms with Gasteiger partial charge >= 0.3 is 6.03 Å². The highest BCUT2D eigenvalue weighted by molar-refractivity contribution is 5.94. The monoisotopic (exact) mass is 437 g/mol. The second-order valence-corrected chi connectivity index (χ2v) is 8.74. The standard InChI is InChI=1S/C26H35N3O3/c1-4-32-24-12-10-23(11-13-24)28-26(31)29-16-6-9-22(18-29)20-7-5-8-21(17-20)25(30)27-15-14-19(2)3/h5,7-8,10-13,17,19,22H,4,6,9,14-16,18H2,1-3H3,(H,27,30)(H,28,31)/t22-/m1/s1. The minimum absolute atomic E-state index is 0.0339. The fourth-order valence-corrected chi connectivity index (χ4v) is 3.95. The van der Waals surface area contributed by atoms with Crippen molar-refractivity contribution in [1.29, 1.82) is 0 Å². The number of carbonyl (C=O) groups excluding carboxylic acids is 2. The Balaban J connectivity index is 1.59. The average Bonchev–Trinajstić information content (AvgIpc) is 2.80. The first-order chi connectivity index (χ1) is 15.5. The summed E-state index contributed by atoms with van der Waals surface area (Å²) in [7, 11) is 0. The zero-order valence-corrected chi connectivity index (χ0v) is 19.4. The van der Waals surface area contributed by atoms with Crippen LogP contribution in [0.2, 0.25) is 0 Å². The lowest BCUT2D eigenvalue weighted by Crippen LogP contribution is -2.41. The van der Waals surface area contributed by atoms with Gasteiger partial charge in [-0.25, -0.2) is 4.79 Å². The molecule has 1 aliphatic rings. The number of nitrogens with one attached hydrogen (secondary N) is 2. The van der Waals surface area contributed by atoms with Crippen LogP contribution in [0.3, 0.4) is 0 Å². The van der Waals surface area contributed by atoms with Gasteiger partial charge in [0.15, 0.2) is 0 Å². The maximum atomic E-state index is 12.8. The van der Waals surface area contributed by atoms with Crippen molar-refractivity contribution in [3.8, 4) is 5.75 Å². The van der Waals surface area contributed by atoms with Crippen LogP contribution in [0.1, 0.15) is 61.9 Å². The lowest BCUT2D eigenvalue weighted by Gasteiger charge is -2.33. The lowest BCUT2D eigenvalue weighted by atomic mass is 9.89. The number of ether oxygens (including phenoxy) is 1. The van der Waals surface area contributed by atoms with E-state index in [-0.39, 0.29) is 17.9 Å². The quantitative estimate of drug-likeness (QED) is 0.591. The Morgan fingerprint density at radius 2 is 1.94 bits per heavy atom. The second-order valence-electron chi connectivity index (χ2n) is 8.74. The summed E-state index contributed by atoms with van der Waals surface area (Å²) in [5.41, 5.74) is 2.54. The third-order valence-electron chi connectivity index (χ3n) is 5.75. The molecule has 2 N–H and O–H groups in total. The maximum Gasteiger partial charge on any atom is 0.321 e. The van der Waals surface area contributed by atoms with Crippen LogP contribution in [0.5, 0.6) is 5.75 Å². The highest BCUT2D eigenvalue weighted by Crippen LogP contribution is 2.28. The van der Waals surface area contributed by atoms with E-state index in [9.17, 15) is 9.59 Å². The summed E-state index contributed by atoms with van der Waals surface area (Å²) in [5, 5.41) is 5.99. The molecule has 2 aromatic carbocycles. The number of nitrogens with zero attached hydrogens (tertiary/aromatic N) is 1. The van der Waals surface area contributed by atoms with Crippen LogP contribution in [-0.2, 0) is 0 Å². The first-order valence-electron chi connectivity index (χ1n) is 11.6. The summed E-state index contributed by atoms with van der Waals surface area (Å²) >= 11 is 0. The minimum Gasteiger partial charge on any atom is -0.494 e. The van der Waals surface area contributed by atoms with Crippen molar-refractivity contribution in [2.24, 2.45) is 5.92 Å². The highest BCUT2D eigenvalue weighted by atomic mass is 16.5. The second kappa shape index (κ2) is 11.6. The van der Waals surface area contributed by atoms with E-state index in [1.54, 1.807) is 0 Å². The maximum absolute atomic E-state index is 12.8. The molecule has 1 heterocycles. The molecule has 2 aromatic rings. The summed E-state index contributed by atoms with van der Waals surface area (Å²) in [5.74, 6) is 1.53. The summed E-state index contributed by atoms with van der Waals surface area (Å²) in [4.78, 5) is 27.2. The zero-order valence-electron chi connectivity index (χ0n) is 19.4. The van der Waals surface area contributed by atoms with Crippen LogP contribution in [0.15, 0.2) is 48.5 Å². The molecule has 0 unspecified atom stereocenters. The normalized spacial score (nSPS) is 16.0. The van der Waals surface area contributed by atoms with Gasteiger partial charge in [0.25, 0.3) is 5.91 Å². The molecule has 0 aliphatic carbocycles. The summed E-state index contributed by atoms with van der Waals surface area (Å²) in [6.07, 6.45) is 2.91. The molecule has 32 heavy (non-hydrogen) atoms. The van der Waals surface area contributed by atoms with Gasteiger partial charge < -0.3 is 20.3 Å². The van der Waals surface area contributed by atoms with E-state index in [0.717, 1.165) is 42.8 Å². The van der Waals surface area contributed by atoms with Gasteiger partial charge in [-0.15, -0.1) is 0 Å². The zero-order chi connectivity index (χ0) is 22.9. The molecule has 6 nitrogen and oxygen atoms in total. The predicted molar refractivity (Wildman–Crippen MR) is 128 cm³/mol. The summed E-state index contributed by atoms with van der Waals surface area (Å²) < 4.78 is 5.45. The van der Waals surface area contributed by atoms with Crippen molar-refractivity contribution in [2.45, 2.75) is 46.0 Å². The van der Waals surface area contributed by atoms with E-state index in [1.807, 2.05) is 54.3 Å². The van der Waals surface area contributed by atoms with Crippen LogP contribution in [-0.4, -0.2) is 43.1 Å². The first-order valence-corrected chi connectivity index (χ1v) is 11.6. The predicted octanol–water partition coefficient (Wildman–Crippen LogP) is 5.27. The molecule has 1 fully saturated rings. The van der Waals surface area contributed by atoms with Crippen LogP contribution in [0.4, 0.5) is 10.5 Å². The summed E-state index contributed by atoms with van der Waals surface area (Å²) in [6, 6.07) is 15.1. The molecule has 3 amide bonds. The van der Waals surface area contributed by atoms with Gasteiger partial charge in [-0.2, -0.15) is 0 Å². The van der Waals surface area contributed by atoms with Crippen LogP contribution in [0, 0.1) is 5.92 Å². The van der Waals surface area contributed by atoms with E-state index in [2.05, 4.69) is 30.5 Å². The van der Waals surface area contributed by atoms with Crippen molar-refractivity contribution in [3.63, 3.8) is 0 Å². The number of carbonyl (C=O) groups is 2. The minimum atomic E-state index is -0.0959. The van der Waals surface area contributed by atoms with Crippen molar-refractivity contribution in [2.75, 3.05) is 31.6 Å². The molecule has 172 valence electrons. The van der Waals surface area contributed by atoms with Gasteiger partial charge in [-0.1, -0.05) is 26.0 Å². The molecule has 1 aliphatic heterocycles. The average molecular weight is 438 g/mol. The van der Waals surface area contributed by atoms with Crippen LogP contribution < -0.4 is 15.4 Å². The third-order valence-corrected chi connectivity index (χ3v) is 5.75.